The fraction of sp³-hybridized carbons (Fsp3) is 0.917. The van der Waals surface area contributed by atoms with Gasteiger partial charge in [-0.3, -0.25) is 0 Å². The van der Waals surface area contributed by atoms with Gasteiger partial charge in [-0.15, -0.1) is 0 Å². The molecule has 3 atom stereocenters. The first kappa shape index (κ1) is 11.7. The standard InChI is InChI=1S/C12H21NO3/c1-11(2,3)16-10(14)13-7-8-5-9(13)6-12(8,4)15/h8-9,15H,5-7H2,1-4H3/t8-,9-,12-/m0/s1. The van der Waals surface area contributed by atoms with Crippen LogP contribution in [0.25, 0.3) is 0 Å². The summed E-state index contributed by atoms with van der Waals surface area (Å²) >= 11 is 0. The topological polar surface area (TPSA) is 49.8 Å². The number of likely N-dealkylation sites (tertiary alicyclic amines) is 1. The van der Waals surface area contributed by atoms with Crippen molar-refractivity contribution in [2.75, 3.05) is 6.54 Å². The number of amides is 1. The van der Waals surface area contributed by atoms with Gasteiger partial charge in [0, 0.05) is 18.5 Å². The molecule has 1 amide bonds. The number of fused-ring (bicyclic) bond motifs is 2. The number of carbonyl (C=O) groups is 1. The average molecular weight is 227 g/mol. The highest BCUT2D eigenvalue weighted by Gasteiger charge is 2.53. The molecule has 92 valence electrons. The Labute approximate surface area is 96.6 Å². The molecule has 0 radical (unpaired) electrons. The Bertz CT molecular complexity index is 306. The number of piperidine rings is 1. The fourth-order valence-corrected chi connectivity index (χ4v) is 2.75. The predicted molar refractivity (Wildman–Crippen MR) is 60.1 cm³/mol. The second-order valence-electron chi connectivity index (χ2n) is 6.28. The van der Waals surface area contributed by atoms with Crippen LogP contribution in [0.2, 0.25) is 0 Å². The maximum atomic E-state index is 11.9. The van der Waals surface area contributed by atoms with Gasteiger partial charge in [-0.05, 0) is 40.5 Å². The molecule has 0 aromatic heterocycles. The van der Waals surface area contributed by atoms with Crippen LogP contribution in [0.3, 0.4) is 0 Å². The van der Waals surface area contributed by atoms with Crippen molar-refractivity contribution in [3.8, 4) is 0 Å². The van der Waals surface area contributed by atoms with Gasteiger partial charge in [0.2, 0.25) is 0 Å². The Morgan fingerprint density at radius 2 is 2.12 bits per heavy atom. The third kappa shape index (κ3) is 2.03. The summed E-state index contributed by atoms with van der Waals surface area (Å²) < 4.78 is 5.35. The zero-order chi connectivity index (χ0) is 12.1. The Hall–Kier alpha value is -0.770. The molecule has 0 aromatic carbocycles. The van der Waals surface area contributed by atoms with Gasteiger partial charge in [0.05, 0.1) is 5.60 Å². The van der Waals surface area contributed by atoms with E-state index in [0.717, 1.165) is 6.42 Å². The fourth-order valence-electron chi connectivity index (χ4n) is 2.75. The van der Waals surface area contributed by atoms with Gasteiger partial charge in [-0.2, -0.15) is 0 Å². The van der Waals surface area contributed by atoms with E-state index in [-0.39, 0.29) is 18.1 Å². The van der Waals surface area contributed by atoms with E-state index in [1.807, 2.05) is 27.7 Å². The Kier molecular flexibility index (Phi) is 2.46. The van der Waals surface area contributed by atoms with Crippen LogP contribution in [0, 0.1) is 5.92 Å². The van der Waals surface area contributed by atoms with Crippen molar-refractivity contribution in [1.29, 1.82) is 0 Å². The largest absolute Gasteiger partial charge is 0.444 e. The van der Waals surface area contributed by atoms with Gasteiger partial charge < -0.3 is 14.7 Å². The SMILES string of the molecule is CC(C)(C)OC(=O)N1C[C@@H]2C[C@H]1C[C@]2(C)O. The van der Waals surface area contributed by atoms with Crippen LogP contribution in [0.5, 0.6) is 0 Å². The molecular weight excluding hydrogens is 206 g/mol. The van der Waals surface area contributed by atoms with E-state index in [1.165, 1.54) is 0 Å². The molecule has 1 saturated carbocycles. The number of hydrogen-bond donors (Lipinski definition) is 1. The maximum absolute atomic E-state index is 11.9. The number of aliphatic hydroxyl groups is 1. The van der Waals surface area contributed by atoms with Gasteiger partial charge in [0.1, 0.15) is 5.60 Å². The minimum Gasteiger partial charge on any atom is -0.444 e. The molecule has 1 saturated heterocycles. The van der Waals surface area contributed by atoms with Crippen molar-refractivity contribution in [3.05, 3.63) is 0 Å². The van der Waals surface area contributed by atoms with E-state index in [2.05, 4.69) is 0 Å². The summed E-state index contributed by atoms with van der Waals surface area (Å²) in [4.78, 5) is 13.7. The van der Waals surface area contributed by atoms with Crippen LogP contribution in [-0.4, -0.2) is 39.9 Å². The number of hydrogen-bond acceptors (Lipinski definition) is 3. The second kappa shape index (κ2) is 3.36. The number of ether oxygens (including phenoxy) is 1. The van der Waals surface area contributed by atoms with E-state index in [9.17, 15) is 9.90 Å². The maximum Gasteiger partial charge on any atom is 0.410 e. The summed E-state index contributed by atoms with van der Waals surface area (Å²) in [6.07, 6.45) is 1.35. The average Bonchev–Trinajstić information content (AvgIpc) is 2.54. The minimum absolute atomic E-state index is 0.162. The van der Waals surface area contributed by atoms with E-state index in [1.54, 1.807) is 4.90 Å². The molecule has 2 fully saturated rings. The first-order chi connectivity index (χ1) is 7.19. The van der Waals surface area contributed by atoms with Crippen molar-refractivity contribution in [1.82, 2.24) is 4.90 Å². The number of nitrogens with zero attached hydrogens (tertiary/aromatic N) is 1. The normalized spacial score (nSPS) is 37.9. The highest BCUT2D eigenvalue weighted by molar-refractivity contribution is 5.69. The van der Waals surface area contributed by atoms with Gasteiger partial charge in [-0.25, -0.2) is 4.79 Å². The molecule has 16 heavy (non-hydrogen) atoms. The second-order valence-corrected chi connectivity index (χ2v) is 6.28. The number of carbonyl (C=O) groups excluding carboxylic acids is 1. The van der Waals surface area contributed by atoms with Crippen molar-refractivity contribution >= 4 is 6.09 Å². The molecule has 2 aliphatic rings. The summed E-state index contributed by atoms with van der Waals surface area (Å²) in [5.41, 5.74) is -1.04. The first-order valence-electron chi connectivity index (χ1n) is 5.91. The van der Waals surface area contributed by atoms with E-state index >= 15 is 0 Å². The summed E-state index contributed by atoms with van der Waals surface area (Å²) in [6.45, 7) is 8.11. The molecule has 4 nitrogen and oxygen atoms in total. The number of rotatable bonds is 0. The van der Waals surface area contributed by atoms with Crippen molar-refractivity contribution in [3.63, 3.8) is 0 Å². The summed E-state index contributed by atoms with van der Waals surface area (Å²) in [5.74, 6) is 0.213. The lowest BCUT2D eigenvalue weighted by Crippen LogP contribution is -2.48. The lowest BCUT2D eigenvalue weighted by Gasteiger charge is -2.36. The van der Waals surface area contributed by atoms with Gasteiger partial charge in [0.15, 0.2) is 0 Å². The molecule has 2 rings (SSSR count). The van der Waals surface area contributed by atoms with Crippen molar-refractivity contribution in [2.24, 2.45) is 5.92 Å². The highest BCUT2D eigenvalue weighted by atomic mass is 16.6. The van der Waals surface area contributed by atoms with E-state index in [0.29, 0.717) is 13.0 Å². The lowest BCUT2D eigenvalue weighted by molar-refractivity contribution is -0.0278. The third-order valence-electron chi connectivity index (χ3n) is 3.57. The van der Waals surface area contributed by atoms with Crippen LogP contribution in [0.15, 0.2) is 0 Å². The predicted octanol–water partition coefficient (Wildman–Crippen LogP) is 1.77. The molecule has 1 N–H and O–H groups in total. The van der Waals surface area contributed by atoms with Crippen LogP contribution in [0.1, 0.15) is 40.5 Å². The third-order valence-corrected chi connectivity index (χ3v) is 3.57. The molecule has 1 aliphatic carbocycles. The van der Waals surface area contributed by atoms with Gasteiger partial charge >= 0.3 is 6.09 Å². The summed E-state index contributed by atoms with van der Waals surface area (Å²) in [5, 5.41) is 10.0. The smallest absolute Gasteiger partial charge is 0.410 e. The molecule has 4 heteroatoms. The van der Waals surface area contributed by atoms with Crippen molar-refractivity contribution < 1.29 is 14.6 Å². The zero-order valence-electron chi connectivity index (χ0n) is 10.5. The monoisotopic (exact) mass is 227 g/mol. The molecule has 0 aromatic rings. The summed E-state index contributed by atoms with van der Waals surface area (Å²) in [6, 6.07) is 0.162. The van der Waals surface area contributed by atoms with Crippen LogP contribution < -0.4 is 0 Å². The zero-order valence-corrected chi connectivity index (χ0v) is 10.5. The molecule has 0 unspecified atom stereocenters. The van der Waals surface area contributed by atoms with E-state index < -0.39 is 11.2 Å². The van der Waals surface area contributed by atoms with E-state index in [4.69, 9.17) is 4.74 Å². The lowest BCUT2D eigenvalue weighted by atomic mass is 9.92. The highest BCUT2D eigenvalue weighted by Crippen LogP contribution is 2.44. The Morgan fingerprint density at radius 3 is 2.50 bits per heavy atom. The van der Waals surface area contributed by atoms with Gasteiger partial charge in [-0.1, -0.05) is 0 Å². The Balaban J connectivity index is 1.98. The van der Waals surface area contributed by atoms with Gasteiger partial charge in [0.25, 0.3) is 0 Å². The first-order valence-corrected chi connectivity index (χ1v) is 5.91. The molecular formula is C12H21NO3. The van der Waals surface area contributed by atoms with Crippen molar-refractivity contribution in [2.45, 2.75) is 57.8 Å². The minimum atomic E-state index is -0.594. The summed E-state index contributed by atoms with van der Waals surface area (Å²) in [7, 11) is 0. The molecule has 1 heterocycles. The molecule has 1 aliphatic heterocycles. The van der Waals surface area contributed by atoms with Crippen LogP contribution in [0.4, 0.5) is 4.79 Å². The molecule has 0 spiro atoms. The van der Waals surface area contributed by atoms with Crippen LogP contribution in [-0.2, 0) is 4.74 Å². The quantitative estimate of drug-likeness (QED) is 0.686. The Morgan fingerprint density at radius 1 is 1.50 bits per heavy atom. The van der Waals surface area contributed by atoms with Crippen LogP contribution >= 0.6 is 0 Å². The molecule has 2 bridgehead atoms.